The van der Waals surface area contributed by atoms with E-state index in [0.717, 1.165) is 12.8 Å². The minimum atomic E-state index is -3.04. The van der Waals surface area contributed by atoms with Crippen LogP contribution >= 0.6 is 0 Å². The summed E-state index contributed by atoms with van der Waals surface area (Å²) in [7, 11) is -3.04. The van der Waals surface area contributed by atoms with Gasteiger partial charge in [0, 0.05) is 6.54 Å². The first-order valence-electron chi connectivity index (χ1n) is 3.24. The lowest BCUT2D eigenvalue weighted by Gasteiger charge is -2.17. The van der Waals surface area contributed by atoms with Gasteiger partial charge in [0.05, 0.1) is 12.4 Å². The molecule has 2 N–H and O–H groups in total. The molecular formula is C5H12N2O2S. The minimum absolute atomic E-state index is 0.282. The number of hydrogen-bond acceptors (Lipinski definition) is 3. The molecular weight excluding hydrogens is 152 g/mol. The fourth-order valence-corrected chi connectivity index (χ4v) is 2.24. The summed E-state index contributed by atoms with van der Waals surface area (Å²) in [5.41, 5.74) is 5.51. The lowest BCUT2D eigenvalue weighted by molar-refractivity contribution is 0.399. The normalized spacial score (nSPS) is 29.2. The maximum atomic E-state index is 10.9. The Balaban J connectivity index is 2.74. The molecule has 0 aromatic heterocycles. The molecule has 1 atom stereocenters. The van der Waals surface area contributed by atoms with Crippen LogP contribution < -0.4 is 5.73 Å². The predicted octanol–water partition coefficient (Wildman–Crippen LogP) is -0.673. The van der Waals surface area contributed by atoms with Crippen LogP contribution in [0.3, 0.4) is 0 Å². The molecule has 1 saturated heterocycles. The second kappa shape index (κ2) is 2.48. The SMILES string of the molecule is CS(=O)(=O)N1CCCC1N. The second-order valence-electron chi connectivity index (χ2n) is 2.58. The summed E-state index contributed by atoms with van der Waals surface area (Å²) in [6.45, 7) is 0.583. The Bertz CT molecular complexity index is 212. The molecule has 1 fully saturated rings. The smallest absolute Gasteiger partial charge is 0.212 e. The topological polar surface area (TPSA) is 63.4 Å². The van der Waals surface area contributed by atoms with Gasteiger partial charge >= 0.3 is 0 Å². The molecule has 1 heterocycles. The van der Waals surface area contributed by atoms with E-state index in [1.54, 1.807) is 0 Å². The standard InChI is InChI=1S/C5H12N2O2S/c1-10(8,9)7-4-2-3-5(7)6/h5H,2-4,6H2,1H3. The van der Waals surface area contributed by atoms with Crippen LogP contribution in [0, 0.1) is 0 Å². The van der Waals surface area contributed by atoms with Gasteiger partial charge in [0.25, 0.3) is 0 Å². The van der Waals surface area contributed by atoms with Crippen molar-refractivity contribution < 1.29 is 8.42 Å². The summed E-state index contributed by atoms with van der Waals surface area (Å²) in [6, 6.07) is 0. The van der Waals surface area contributed by atoms with Crippen molar-refractivity contribution in [3.05, 3.63) is 0 Å². The van der Waals surface area contributed by atoms with E-state index in [1.165, 1.54) is 10.6 Å². The molecule has 0 amide bonds. The molecule has 1 aliphatic heterocycles. The molecule has 0 aromatic carbocycles. The van der Waals surface area contributed by atoms with Gasteiger partial charge in [0.2, 0.25) is 10.0 Å². The van der Waals surface area contributed by atoms with Gasteiger partial charge in [-0.1, -0.05) is 0 Å². The fourth-order valence-electron chi connectivity index (χ4n) is 1.18. The highest BCUT2D eigenvalue weighted by molar-refractivity contribution is 7.88. The van der Waals surface area contributed by atoms with Crippen molar-refractivity contribution in [2.75, 3.05) is 12.8 Å². The van der Waals surface area contributed by atoms with Gasteiger partial charge in [-0.3, -0.25) is 0 Å². The summed E-state index contributed by atoms with van der Waals surface area (Å²) < 4.78 is 23.1. The van der Waals surface area contributed by atoms with E-state index in [0.29, 0.717) is 6.54 Å². The Morgan fingerprint density at radius 1 is 1.60 bits per heavy atom. The Kier molecular flexibility index (Phi) is 1.98. The van der Waals surface area contributed by atoms with Crippen molar-refractivity contribution in [2.45, 2.75) is 19.0 Å². The summed E-state index contributed by atoms with van der Waals surface area (Å²) in [5, 5.41) is 0. The van der Waals surface area contributed by atoms with E-state index in [4.69, 9.17) is 5.73 Å². The molecule has 5 heteroatoms. The van der Waals surface area contributed by atoms with Gasteiger partial charge in [-0.25, -0.2) is 8.42 Å². The van der Waals surface area contributed by atoms with Gasteiger partial charge < -0.3 is 5.73 Å². The molecule has 1 aliphatic rings. The maximum absolute atomic E-state index is 10.9. The van der Waals surface area contributed by atoms with Crippen LogP contribution in [0.4, 0.5) is 0 Å². The largest absolute Gasteiger partial charge is 0.315 e. The average molecular weight is 164 g/mol. The van der Waals surface area contributed by atoms with Crippen molar-refractivity contribution in [2.24, 2.45) is 5.73 Å². The molecule has 0 aliphatic carbocycles. The zero-order valence-corrected chi connectivity index (χ0v) is 6.76. The summed E-state index contributed by atoms with van der Waals surface area (Å²) in [4.78, 5) is 0. The lowest BCUT2D eigenvalue weighted by atomic mass is 10.3. The monoisotopic (exact) mass is 164 g/mol. The zero-order valence-electron chi connectivity index (χ0n) is 5.95. The van der Waals surface area contributed by atoms with Gasteiger partial charge in [0.15, 0.2) is 0 Å². The molecule has 60 valence electrons. The average Bonchev–Trinajstić information content (AvgIpc) is 2.11. The number of hydrogen-bond donors (Lipinski definition) is 1. The zero-order chi connectivity index (χ0) is 7.78. The van der Waals surface area contributed by atoms with Gasteiger partial charge in [-0.05, 0) is 12.8 Å². The summed E-state index contributed by atoms with van der Waals surface area (Å²) in [5.74, 6) is 0. The fraction of sp³-hybridized carbons (Fsp3) is 1.00. The number of nitrogens with two attached hydrogens (primary N) is 1. The van der Waals surface area contributed by atoms with E-state index < -0.39 is 10.0 Å². The summed E-state index contributed by atoms with van der Waals surface area (Å²) in [6.07, 6.45) is 2.58. The van der Waals surface area contributed by atoms with E-state index in [9.17, 15) is 8.42 Å². The Hall–Kier alpha value is -0.130. The van der Waals surface area contributed by atoms with E-state index >= 15 is 0 Å². The molecule has 0 spiro atoms. The van der Waals surface area contributed by atoms with Crippen LogP contribution in [0.1, 0.15) is 12.8 Å². The second-order valence-corrected chi connectivity index (χ2v) is 4.52. The molecule has 0 saturated carbocycles. The Morgan fingerprint density at radius 2 is 2.20 bits per heavy atom. The van der Waals surface area contributed by atoms with E-state index in [1.807, 2.05) is 0 Å². The molecule has 0 aromatic rings. The van der Waals surface area contributed by atoms with Gasteiger partial charge in [0.1, 0.15) is 0 Å². The number of nitrogens with zero attached hydrogens (tertiary/aromatic N) is 1. The highest BCUT2D eigenvalue weighted by Crippen LogP contribution is 2.15. The van der Waals surface area contributed by atoms with Crippen LogP contribution in [-0.4, -0.2) is 31.7 Å². The third-order valence-electron chi connectivity index (χ3n) is 1.67. The molecule has 0 bridgehead atoms. The molecule has 4 nitrogen and oxygen atoms in total. The van der Waals surface area contributed by atoms with Crippen LogP contribution in [0.2, 0.25) is 0 Å². The third-order valence-corrected chi connectivity index (χ3v) is 2.98. The molecule has 1 unspecified atom stereocenters. The maximum Gasteiger partial charge on any atom is 0.212 e. The first-order valence-corrected chi connectivity index (χ1v) is 5.09. The Morgan fingerprint density at radius 3 is 2.40 bits per heavy atom. The quantitative estimate of drug-likeness (QED) is 0.559. The van der Waals surface area contributed by atoms with Crippen molar-refractivity contribution in [3.8, 4) is 0 Å². The van der Waals surface area contributed by atoms with Crippen molar-refractivity contribution >= 4 is 10.0 Å². The van der Waals surface area contributed by atoms with Crippen LogP contribution in [0.5, 0.6) is 0 Å². The van der Waals surface area contributed by atoms with Crippen LogP contribution in [0.15, 0.2) is 0 Å². The summed E-state index contributed by atoms with van der Waals surface area (Å²) >= 11 is 0. The molecule has 10 heavy (non-hydrogen) atoms. The van der Waals surface area contributed by atoms with Crippen LogP contribution in [0.25, 0.3) is 0 Å². The lowest BCUT2D eigenvalue weighted by Crippen LogP contribution is -2.40. The third kappa shape index (κ3) is 1.47. The highest BCUT2D eigenvalue weighted by Gasteiger charge is 2.27. The first kappa shape index (κ1) is 7.97. The number of rotatable bonds is 1. The highest BCUT2D eigenvalue weighted by atomic mass is 32.2. The van der Waals surface area contributed by atoms with Crippen LogP contribution in [-0.2, 0) is 10.0 Å². The molecule has 1 rings (SSSR count). The predicted molar refractivity (Wildman–Crippen MR) is 38.8 cm³/mol. The van der Waals surface area contributed by atoms with E-state index in [2.05, 4.69) is 0 Å². The first-order chi connectivity index (χ1) is 4.52. The van der Waals surface area contributed by atoms with E-state index in [-0.39, 0.29) is 6.17 Å². The van der Waals surface area contributed by atoms with Gasteiger partial charge in [-0.15, -0.1) is 0 Å². The van der Waals surface area contributed by atoms with Crippen molar-refractivity contribution in [1.82, 2.24) is 4.31 Å². The van der Waals surface area contributed by atoms with Crippen molar-refractivity contribution in [3.63, 3.8) is 0 Å². The minimum Gasteiger partial charge on any atom is -0.315 e. The van der Waals surface area contributed by atoms with Gasteiger partial charge in [-0.2, -0.15) is 4.31 Å². The number of sulfonamides is 1. The Labute approximate surface area is 61.1 Å². The molecule has 0 radical (unpaired) electrons. The van der Waals surface area contributed by atoms with Crippen molar-refractivity contribution in [1.29, 1.82) is 0 Å².